The van der Waals surface area contributed by atoms with Crippen LogP contribution in [0.5, 0.6) is 0 Å². The molecular weight excluding hydrogens is 538 g/mol. The predicted molar refractivity (Wildman–Crippen MR) is 145 cm³/mol. The standard InChI is InChI=1S/C26H32F2N10O3/c1-2-20(40)36-5-3-4-26(15-36)10-17(11-26)32-19(39)13-29-22-21-23(34-25(33-22)35-6-8-41-9-7-35)37(16-30-21)18-12-31-38(14-18)24(27)28/h2,12,14,16-17,24H,1,3-11,13,15H2,(H,32,39)(H,29,33,34). The molecule has 3 fully saturated rings. The van der Waals surface area contributed by atoms with E-state index in [4.69, 9.17) is 4.74 Å². The molecular formula is C26H32F2N10O3. The summed E-state index contributed by atoms with van der Waals surface area (Å²) in [7, 11) is 0. The number of imidazole rings is 1. The number of morpholine rings is 1. The third kappa shape index (κ3) is 5.45. The third-order valence-electron chi connectivity index (χ3n) is 8.03. The fourth-order valence-corrected chi connectivity index (χ4v) is 6.05. The zero-order chi connectivity index (χ0) is 28.6. The van der Waals surface area contributed by atoms with Gasteiger partial charge in [0.05, 0.1) is 37.8 Å². The number of fused-ring (bicyclic) bond motifs is 1. The fraction of sp³-hybridized carbons (Fsp3) is 0.538. The number of nitrogens with one attached hydrogen (secondary N) is 2. The van der Waals surface area contributed by atoms with E-state index in [1.807, 2.05) is 9.80 Å². The van der Waals surface area contributed by atoms with Crippen molar-refractivity contribution in [1.82, 2.24) is 39.5 Å². The zero-order valence-corrected chi connectivity index (χ0v) is 22.5. The second-order valence-corrected chi connectivity index (χ2v) is 10.8. The summed E-state index contributed by atoms with van der Waals surface area (Å²) in [6.45, 7) is 4.45. The highest BCUT2D eigenvalue weighted by molar-refractivity contribution is 5.89. The maximum atomic E-state index is 13.1. The molecule has 3 aliphatic rings. The number of piperidine rings is 1. The van der Waals surface area contributed by atoms with Crippen LogP contribution in [0.3, 0.4) is 0 Å². The number of hydrogen-bond donors (Lipinski definition) is 2. The van der Waals surface area contributed by atoms with Crippen LogP contribution < -0.4 is 15.5 Å². The Morgan fingerprint density at radius 1 is 1.22 bits per heavy atom. The van der Waals surface area contributed by atoms with Gasteiger partial charge in [0.15, 0.2) is 17.0 Å². The van der Waals surface area contributed by atoms with Crippen LogP contribution in [0.1, 0.15) is 32.2 Å². The average Bonchev–Trinajstić information content (AvgIpc) is 3.63. The Morgan fingerprint density at radius 2 is 2.02 bits per heavy atom. The maximum Gasteiger partial charge on any atom is 0.333 e. The van der Waals surface area contributed by atoms with Gasteiger partial charge >= 0.3 is 6.55 Å². The molecule has 6 rings (SSSR count). The Labute approximate surface area is 234 Å². The van der Waals surface area contributed by atoms with Crippen LogP contribution >= 0.6 is 0 Å². The molecule has 3 aromatic rings. The molecule has 0 atom stereocenters. The van der Waals surface area contributed by atoms with E-state index in [2.05, 4.69) is 37.3 Å². The summed E-state index contributed by atoms with van der Waals surface area (Å²) in [6.07, 6.45) is 9.01. The quantitative estimate of drug-likeness (QED) is 0.388. The molecule has 41 heavy (non-hydrogen) atoms. The van der Waals surface area contributed by atoms with Gasteiger partial charge in [-0.25, -0.2) is 9.67 Å². The van der Waals surface area contributed by atoms with E-state index >= 15 is 0 Å². The van der Waals surface area contributed by atoms with Gasteiger partial charge in [-0.2, -0.15) is 23.8 Å². The van der Waals surface area contributed by atoms with Gasteiger partial charge < -0.3 is 25.2 Å². The number of aromatic nitrogens is 6. The number of rotatable bonds is 8. The highest BCUT2D eigenvalue weighted by Gasteiger charge is 2.47. The number of alkyl halides is 2. The van der Waals surface area contributed by atoms with Gasteiger partial charge in [-0.1, -0.05) is 6.58 Å². The van der Waals surface area contributed by atoms with E-state index in [1.165, 1.54) is 24.8 Å². The Kier molecular flexibility index (Phi) is 7.28. The van der Waals surface area contributed by atoms with Crippen LogP contribution in [0.2, 0.25) is 0 Å². The Morgan fingerprint density at radius 3 is 2.76 bits per heavy atom. The number of ether oxygens (including phenoxy) is 1. The minimum Gasteiger partial charge on any atom is -0.378 e. The third-order valence-corrected chi connectivity index (χ3v) is 8.03. The molecule has 2 aliphatic heterocycles. The molecule has 0 bridgehead atoms. The number of anilines is 2. The highest BCUT2D eigenvalue weighted by atomic mass is 19.3. The second-order valence-electron chi connectivity index (χ2n) is 10.8. The normalized spacial score (nSPS) is 22.7. The van der Waals surface area contributed by atoms with Crippen molar-refractivity contribution in [3.8, 4) is 5.69 Å². The van der Waals surface area contributed by atoms with Gasteiger partial charge in [0.1, 0.15) is 6.33 Å². The van der Waals surface area contributed by atoms with Crippen molar-refractivity contribution in [2.45, 2.75) is 38.3 Å². The summed E-state index contributed by atoms with van der Waals surface area (Å²) in [5.74, 6) is 0.557. The molecule has 5 heterocycles. The number of carbonyl (C=O) groups is 2. The van der Waals surface area contributed by atoms with Gasteiger partial charge in [-0.3, -0.25) is 14.2 Å². The van der Waals surface area contributed by atoms with Crippen LogP contribution in [-0.2, 0) is 14.3 Å². The Hall–Kier alpha value is -4.14. The fourth-order valence-electron chi connectivity index (χ4n) is 6.05. The molecule has 2 amide bonds. The minimum absolute atomic E-state index is 0.0323. The number of halogens is 2. The van der Waals surface area contributed by atoms with E-state index < -0.39 is 6.55 Å². The van der Waals surface area contributed by atoms with Crippen molar-refractivity contribution in [1.29, 1.82) is 0 Å². The summed E-state index contributed by atoms with van der Waals surface area (Å²) >= 11 is 0. The van der Waals surface area contributed by atoms with E-state index in [0.717, 1.165) is 32.2 Å². The van der Waals surface area contributed by atoms with Crippen molar-refractivity contribution >= 4 is 34.7 Å². The highest BCUT2D eigenvalue weighted by Crippen LogP contribution is 2.47. The van der Waals surface area contributed by atoms with Gasteiger partial charge in [0, 0.05) is 32.2 Å². The lowest BCUT2D eigenvalue weighted by molar-refractivity contribution is -0.133. The molecule has 13 nitrogen and oxygen atoms in total. The first kappa shape index (κ1) is 27.1. The first-order valence-corrected chi connectivity index (χ1v) is 13.7. The van der Waals surface area contributed by atoms with Crippen LogP contribution in [0.15, 0.2) is 31.4 Å². The first-order valence-electron chi connectivity index (χ1n) is 13.7. The molecule has 2 N–H and O–H groups in total. The van der Waals surface area contributed by atoms with E-state index in [9.17, 15) is 18.4 Å². The average molecular weight is 571 g/mol. The molecule has 218 valence electrons. The molecule has 2 saturated heterocycles. The Balaban J connectivity index is 1.15. The smallest absolute Gasteiger partial charge is 0.333 e. The molecule has 0 aromatic carbocycles. The van der Waals surface area contributed by atoms with Crippen LogP contribution in [0.25, 0.3) is 16.9 Å². The predicted octanol–water partition coefficient (Wildman–Crippen LogP) is 1.73. The number of carbonyl (C=O) groups excluding carboxylic acids is 2. The lowest BCUT2D eigenvalue weighted by atomic mass is 9.61. The summed E-state index contributed by atoms with van der Waals surface area (Å²) in [4.78, 5) is 42.5. The van der Waals surface area contributed by atoms with Crippen molar-refractivity contribution in [2.24, 2.45) is 5.41 Å². The zero-order valence-electron chi connectivity index (χ0n) is 22.5. The summed E-state index contributed by atoms with van der Waals surface area (Å²) in [5, 5.41) is 9.91. The largest absolute Gasteiger partial charge is 0.378 e. The summed E-state index contributed by atoms with van der Waals surface area (Å²) < 4.78 is 33.8. The second kappa shape index (κ2) is 11.0. The molecule has 0 unspecified atom stereocenters. The molecule has 0 radical (unpaired) electrons. The minimum atomic E-state index is -2.77. The van der Waals surface area contributed by atoms with Crippen LogP contribution in [-0.4, -0.2) is 98.0 Å². The van der Waals surface area contributed by atoms with Gasteiger partial charge in [-0.05, 0) is 37.2 Å². The van der Waals surface area contributed by atoms with Crippen LogP contribution in [0.4, 0.5) is 20.5 Å². The molecule has 1 saturated carbocycles. The first-order chi connectivity index (χ1) is 19.8. The van der Waals surface area contributed by atoms with E-state index in [1.54, 1.807) is 4.57 Å². The van der Waals surface area contributed by atoms with Crippen molar-refractivity contribution in [2.75, 3.05) is 56.2 Å². The van der Waals surface area contributed by atoms with Gasteiger partial charge in [-0.15, -0.1) is 0 Å². The van der Waals surface area contributed by atoms with E-state index in [-0.39, 0.29) is 29.8 Å². The lowest BCUT2D eigenvalue weighted by Gasteiger charge is -2.52. The lowest BCUT2D eigenvalue weighted by Crippen LogP contribution is -2.58. The number of likely N-dealkylation sites (tertiary alicyclic amines) is 1. The van der Waals surface area contributed by atoms with E-state index in [0.29, 0.717) is 66.1 Å². The van der Waals surface area contributed by atoms with Crippen LogP contribution in [0, 0.1) is 5.41 Å². The summed E-state index contributed by atoms with van der Waals surface area (Å²) in [6, 6.07) is 0.0444. The molecule has 3 aromatic heterocycles. The number of nitrogens with zero attached hydrogens (tertiary/aromatic N) is 8. The Bertz CT molecular complexity index is 1440. The number of hydrogen-bond acceptors (Lipinski definition) is 9. The van der Waals surface area contributed by atoms with Crippen molar-refractivity contribution < 1.29 is 23.1 Å². The van der Waals surface area contributed by atoms with Crippen molar-refractivity contribution in [3.05, 3.63) is 31.4 Å². The van der Waals surface area contributed by atoms with Crippen molar-refractivity contribution in [3.63, 3.8) is 0 Å². The monoisotopic (exact) mass is 570 g/mol. The molecule has 15 heteroatoms. The van der Waals surface area contributed by atoms with Gasteiger partial charge in [0.25, 0.3) is 0 Å². The molecule has 1 aliphatic carbocycles. The molecule has 1 spiro atoms. The number of amides is 2. The SMILES string of the molecule is C=CC(=O)N1CCCC2(CC(NC(=O)CNc3nc(N4CCOCC4)nc4c3ncn4-c3cnn(C(F)F)c3)C2)C1. The van der Waals surface area contributed by atoms with Gasteiger partial charge in [0.2, 0.25) is 17.8 Å². The topological polar surface area (TPSA) is 135 Å². The summed E-state index contributed by atoms with van der Waals surface area (Å²) in [5.41, 5.74) is 1.23. The maximum absolute atomic E-state index is 13.1.